The Labute approximate surface area is 179 Å². The minimum atomic E-state index is -0.190. The number of hydrogen-bond acceptors (Lipinski definition) is 4. The summed E-state index contributed by atoms with van der Waals surface area (Å²) in [6.45, 7) is 17.2. The lowest BCUT2D eigenvalue weighted by Gasteiger charge is -2.38. The molecule has 0 aliphatic carbocycles. The van der Waals surface area contributed by atoms with Crippen molar-refractivity contribution < 1.29 is 4.79 Å². The number of Topliss-reactive ketones (excluding diaryl/α,β-unsaturated/α-hetero) is 1. The Morgan fingerprint density at radius 3 is 2.17 bits per heavy atom. The molecule has 2 rings (SSSR count). The molecule has 0 aromatic heterocycles. The van der Waals surface area contributed by atoms with E-state index in [2.05, 4.69) is 59.9 Å². The van der Waals surface area contributed by atoms with Crippen LogP contribution in [0, 0.1) is 5.41 Å². The van der Waals surface area contributed by atoms with Crippen molar-refractivity contribution in [2.24, 2.45) is 5.41 Å². The Morgan fingerprint density at radius 2 is 1.62 bits per heavy atom. The van der Waals surface area contributed by atoms with E-state index >= 15 is 0 Å². The van der Waals surface area contributed by atoms with Crippen molar-refractivity contribution in [3.63, 3.8) is 0 Å². The first-order chi connectivity index (χ1) is 13.7. The second-order valence-electron chi connectivity index (χ2n) is 10.0. The van der Waals surface area contributed by atoms with Crippen LogP contribution in [0.5, 0.6) is 0 Å². The predicted octanol–water partition coefficient (Wildman–Crippen LogP) is 4.82. The molecule has 0 atom stereocenters. The molecule has 29 heavy (non-hydrogen) atoms. The topological polar surface area (TPSA) is 26.8 Å². The fourth-order valence-electron chi connectivity index (χ4n) is 3.92. The first-order valence-electron chi connectivity index (χ1n) is 11.5. The maximum atomic E-state index is 12.0. The van der Waals surface area contributed by atoms with Gasteiger partial charge < -0.3 is 9.80 Å². The summed E-state index contributed by atoms with van der Waals surface area (Å²) in [7, 11) is 2.19. The molecule has 0 radical (unpaired) electrons. The average Bonchev–Trinajstić information content (AvgIpc) is 2.67. The first kappa shape index (κ1) is 23.9. The number of carbonyl (C=O) groups excluding carboxylic acids is 1. The van der Waals surface area contributed by atoms with E-state index in [1.807, 2.05) is 20.8 Å². The van der Waals surface area contributed by atoms with Gasteiger partial charge in [-0.3, -0.25) is 9.69 Å². The molecular formula is C25H43N3O. The van der Waals surface area contributed by atoms with Crippen molar-refractivity contribution >= 4 is 11.5 Å². The third-order valence-corrected chi connectivity index (χ3v) is 6.08. The second kappa shape index (κ2) is 11.1. The molecule has 0 saturated carbocycles. The Morgan fingerprint density at radius 1 is 1.00 bits per heavy atom. The van der Waals surface area contributed by atoms with Crippen molar-refractivity contribution in [3.05, 3.63) is 29.8 Å². The third kappa shape index (κ3) is 8.10. The predicted molar refractivity (Wildman–Crippen MR) is 125 cm³/mol. The molecule has 0 amide bonds. The van der Waals surface area contributed by atoms with Gasteiger partial charge in [-0.25, -0.2) is 0 Å². The van der Waals surface area contributed by atoms with Crippen molar-refractivity contribution in [2.75, 3.05) is 44.7 Å². The number of nitrogens with zero attached hydrogens (tertiary/aromatic N) is 3. The number of hydrogen-bond donors (Lipinski definition) is 0. The SMILES string of the molecule is CC(C)N1CCN(c2ccc(CN(C)CCCCCC(=O)C(C)(C)C)cc2)CC1. The summed E-state index contributed by atoms with van der Waals surface area (Å²) in [5, 5.41) is 0. The summed E-state index contributed by atoms with van der Waals surface area (Å²) in [5.74, 6) is 0.386. The van der Waals surface area contributed by atoms with Crippen molar-refractivity contribution in [3.8, 4) is 0 Å². The Bertz CT molecular complexity index is 610. The number of carbonyl (C=O) groups is 1. The molecule has 4 nitrogen and oxygen atoms in total. The quantitative estimate of drug-likeness (QED) is 0.525. The van der Waals surface area contributed by atoms with Gasteiger partial charge in [0.15, 0.2) is 0 Å². The fourth-order valence-corrected chi connectivity index (χ4v) is 3.92. The van der Waals surface area contributed by atoms with Crippen LogP contribution in [0.25, 0.3) is 0 Å². The van der Waals surface area contributed by atoms with Gasteiger partial charge in [0.05, 0.1) is 0 Å². The van der Waals surface area contributed by atoms with E-state index in [-0.39, 0.29) is 5.41 Å². The van der Waals surface area contributed by atoms with Gasteiger partial charge in [-0.15, -0.1) is 0 Å². The van der Waals surface area contributed by atoms with Crippen LogP contribution in [0.3, 0.4) is 0 Å². The Balaban J connectivity index is 1.67. The number of rotatable bonds is 10. The number of benzene rings is 1. The van der Waals surface area contributed by atoms with Crippen LogP contribution in [-0.4, -0.2) is 61.4 Å². The van der Waals surface area contributed by atoms with Crippen LogP contribution in [0.2, 0.25) is 0 Å². The maximum Gasteiger partial charge on any atom is 0.138 e. The van der Waals surface area contributed by atoms with Crippen molar-refractivity contribution in [1.82, 2.24) is 9.80 Å². The van der Waals surface area contributed by atoms with E-state index in [0.717, 1.165) is 65.0 Å². The van der Waals surface area contributed by atoms with Crippen LogP contribution >= 0.6 is 0 Å². The lowest BCUT2D eigenvalue weighted by Crippen LogP contribution is -2.48. The number of ketones is 1. The van der Waals surface area contributed by atoms with Crippen LogP contribution in [0.1, 0.15) is 65.9 Å². The summed E-state index contributed by atoms with van der Waals surface area (Å²) in [6, 6.07) is 9.78. The molecule has 164 valence electrons. The fraction of sp³-hybridized carbons (Fsp3) is 0.720. The highest BCUT2D eigenvalue weighted by Crippen LogP contribution is 2.20. The zero-order valence-corrected chi connectivity index (χ0v) is 19.7. The van der Waals surface area contributed by atoms with E-state index in [0.29, 0.717) is 11.8 Å². The first-order valence-corrected chi connectivity index (χ1v) is 11.5. The van der Waals surface area contributed by atoms with Gasteiger partial charge >= 0.3 is 0 Å². The van der Waals surface area contributed by atoms with E-state index < -0.39 is 0 Å². The van der Waals surface area contributed by atoms with Gasteiger partial charge in [-0.05, 0) is 58.0 Å². The summed E-state index contributed by atoms with van der Waals surface area (Å²) in [6.07, 6.45) is 4.03. The number of anilines is 1. The Hall–Kier alpha value is -1.39. The highest BCUT2D eigenvalue weighted by molar-refractivity contribution is 5.83. The average molecular weight is 402 g/mol. The lowest BCUT2D eigenvalue weighted by atomic mass is 9.88. The van der Waals surface area contributed by atoms with Gasteiger partial charge in [0.2, 0.25) is 0 Å². The van der Waals surface area contributed by atoms with Gasteiger partial charge in [0.25, 0.3) is 0 Å². The molecule has 4 heteroatoms. The van der Waals surface area contributed by atoms with E-state index in [9.17, 15) is 4.79 Å². The van der Waals surface area contributed by atoms with Crippen LogP contribution in [0.15, 0.2) is 24.3 Å². The van der Waals surface area contributed by atoms with Crippen LogP contribution < -0.4 is 4.90 Å². The minimum Gasteiger partial charge on any atom is -0.369 e. The van der Waals surface area contributed by atoms with Gasteiger partial charge in [-0.1, -0.05) is 39.3 Å². The highest BCUT2D eigenvalue weighted by Gasteiger charge is 2.20. The molecule has 1 aliphatic rings. The molecule has 0 bridgehead atoms. The van der Waals surface area contributed by atoms with E-state index in [1.165, 1.54) is 11.3 Å². The number of unbranched alkanes of at least 4 members (excludes halogenated alkanes) is 2. The molecule has 1 fully saturated rings. The minimum absolute atomic E-state index is 0.190. The van der Waals surface area contributed by atoms with Crippen molar-refractivity contribution in [2.45, 2.75) is 72.9 Å². The molecule has 1 aliphatic heterocycles. The molecule has 0 N–H and O–H groups in total. The molecular weight excluding hydrogens is 358 g/mol. The summed E-state index contributed by atoms with van der Waals surface area (Å²) in [4.78, 5) is 19.4. The molecule has 1 aromatic rings. The summed E-state index contributed by atoms with van der Waals surface area (Å²) < 4.78 is 0. The normalized spacial score (nSPS) is 16.1. The standard InChI is InChI=1S/C25H43N3O/c1-21(2)27-16-18-28(19-17-27)23-13-11-22(12-14-23)20-26(6)15-9-7-8-10-24(29)25(3,4)5/h11-14,21H,7-10,15-20H2,1-6H3. The van der Waals surface area contributed by atoms with Gasteiger partial charge in [0, 0.05) is 56.3 Å². The summed E-state index contributed by atoms with van der Waals surface area (Å²) >= 11 is 0. The van der Waals surface area contributed by atoms with Crippen LogP contribution in [-0.2, 0) is 11.3 Å². The summed E-state index contributed by atoms with van der Waals surface area (Å²) in [5.41, 5.74) is 2.54. The molecule has 1 saturated heterocycles. The van der Waals surface area contributed by atoms with Gasteiger partial charge in [0.1, 0.15) is 5.78 Å². The largest absolute Gasteiger partial charge is 0.369 e. The molecule has 0 spiro atoms. The second-order valence-corrected chi connectivity index (χ2v) is 10.0. The molecule has 0 unspecified atom stereocenters. The third-order valence-electron chi connectivity index (χ3n) is 6.08. The van der Waals surface area contributed by atoms with E-state index in [4.69, 9.17) is 0 Å². The van der Waals surface area contributed by atoms with E-state index in [1.54, 1.807) is 0 Å². The highest BCUT2D eigenvalue weighted by atomic mass is 16.1. The zero-order chi connectivity index (χ0) is 21.4. The smallest absolute Gasteiger partial charge is 0.138 e. The molecule has 1 aromatic carbocycles. The van der Waals surface area contributed by atoms with Crippen LogP contribution in [0.4, 0.5) is 5.69 Å². The monoisotopic (exact) mass is 401 g/mol. The van der Waals surface area contributed by atoms with Crippen molar-refractivity contribution in [1.29, 1.82) is 0 Å². The Kier molecular flexibility index (Phi) is 9.16. The van der Waals surface area contributed by atoms with Gasteiger partial charge in [-0.2, -0.15) is 0 Å². The number of piperazine rings is 1. The lowest BCUT2D eigenvalue weighted by molar-refractivity contribution is -0.126. The zero-order valence-electron chi connectivity index (χ0n) is 19.7. The maximum absolute atomic E-state index is 12.0. The molecule has 1 heterocycles.